The summed E-state index contributed by atoms with van der Waals surface area (Å²) < 4.78 is 5.17. The van der Waals surface area contributed by atoms with Gasteiger partial charge in [0.15, 0.2) is 0 Å². The molecular weight excluding hydrogens is 226 g/mol. The Bertz CT molecular complexity index is 375. The number of carbonyl (C=O) groups is 1. The second kappa shape index (κ2) is 5.32. The Hall–Kier alpha value is -1.06. The number of carbonyl (C=O) groups excluding carboxylic acids is 1. The fourth-order valence-electron chi connectivity index (χ4n) is 1.71. The smallest absolute Gasteiger partial charge is 0.225 e. The van der Waals surface area contributed by atoms with Crippen molar-refractivity contribution in [3.63, 3.8) is 0 Å². The average molecular weight is 240 g/mol. The number of ether oxygens (including phenoxy) is 1. The van der Waals surface area contributed by atoms with Crippen LogP contribution in [0, 0.1) is 5.92 Å². The van der Waals surface area contributed by atoms with Gasteiger partial charge < -0.3 is 10.1 Å². The van der Waals surface area contributed by atoms with E-state index < -0.39 is 0 Å². The van der Waals surface area contributed by atoms with E-state index in [9.17, 15) is 4.79 Å². The molecule has 1 aliphatic rings. The molecule has 0 saturated carbocycles. The van der Waals surface area contributed by atoms with E-state index in [1.807, 2.05) is 24.3 Å². The zero-order chi connectivity index (χ0) is 11.4. The first kappa shape index (κ1) is 11.4. The molecule has 1 atom stereocenters. The molecule has 1 aromatic rings. The van der Waals surface area contributed by atoms with Crippen molar-refractivity contribution in [2.75, 3.05) is 13.2 Å². The van der Waals surface area contributed by atoms with Crippen molar-refractivity contribution < 1.29 is 9.53 Å². The maximum Gasteiger partial charge on any atom is 0.225 e. The van der Waals surface area contributed by atoms with Crippen LogP contribution in [-0.2, 0) is 16.1 Å². The third-order valence-electron chi connectivity index (χ3n) is 2.71. The summed E-state index contributed by atoms with van der Waals surface area (Å²) in [5, 5.41) is 3.56. The summed E-state index contributed by atoms with van der Waals surface area (Å²) in [4.78, 5) is 11.7. The quantitative estimate of drug-likeness (QED) is 0.876. The summed E-state index contributed by atoms with van der Waals surface area (Å²) in [6.45, 7) is 1.70. The van der Waals surface area contributed by atoms with E-state index in [-0.39, 0.29) is 11.8 Å². The summed E-state index contributed by atoms with van der Waals surface area (Å²) >= 11 is 5.99. The lowest BCUT2D eigenvalue weighted by Gasteiger charge is -2.10. The predicted octanol–water partition coefficient (Wildman–Crippen LogP) is 1.99. The van der Waals surface area contributed by atoms with Crippen molar-refractivity contribution >= 4 is 17.5 Å². The lowest BCUT2D eigenvalue weighted by molar-refractivity contribution is -0.125. The molecule has 1 heterocycles. The summed E-state index contributed by atoms with van der Waals surface area (Å²) in [6.07, 6.45) is 0.814. The zero-order valence-corrected chi connectivity index (χ0v) is 9.67. The number of nitrogens with one attached hydrogen (secondary N) is 1. The fourth-order valence-corrected chi connectivity index (χ4v) is 1.91. The number of hydrogen-bond donors (Lipinski definition) is 1. The highest BCUT2D eigenvalue weighted by atomic mass is 35.5. The standard InChI is InChI=1S/C12H14ClNO2/c13-11-4-2-1-3-9(11)7-14-12(15)10-5-6-16-8-10/h1-4,10H,5-8H2,(H,14,15)/t10-/m0/s1. The van der Waals surface area contributed by atoms with Crippen LogP contribution in [0.5, 0.6) is 0 Å². The van der Waals surface area contributed by atoms with Crippen molar-refractivity contribution in [3.05, 3.63) is 34.9 Å². The van der Waals surface area contributed by atoms with Gasteiger partial charge in [0.25, 0.3) is 0 Å². The van der Waals surface area contributed by atoms with E-state index in [2.05, 4.69) is 5.32 Å². The molecule has 1 saturated heterocycles. The van der Waals surface area contributed by atoms with Gasteiger partial charge in [0.2, 0.25) is 5.91 Å². The molecule has 1 N–H and O–H groups in total. The van der Waals surface area contributed by atoms with Gasteiger partial charge in [-0.3, -0.25) is 4.79 Å². The predicted molar refractivity (Wildman–Crippen MR) is 62.2 cm³/mol. The van der Waals surface area contributed by atoms with E-state index in [4.69, 9.17) is 16.3 Å². The minimum absolute atomic E-state index is 0.00230. The van der Waals surface area contributed by atoms with Crippen LogP contribution in [0.1, 0.15) is 12.0 Å². The number of hydrogen-bond acceptors (Lipinski definition) is 2. The summed E-state index contributed by atoms with van der Waals surface area (Å²) in [5.41, 5.74) is 0.941. The minimum atomic E-state index is 0.00230. The molecule has 2 rings (SSSR count). The number of halogens is 1. The van der Waals surface area contributed by atoms with E-state index in [0.717, 1.165) is 12.0 Å². The van der Waals surface area contributed by atoms with E-state index in [1.54, 1.807) is 0 Å². The van der Waals surface area contributed by atoms with Gasteiger partial charge in [-0.15, -0.1) is 0 Å². The van der Waals surface area contributed by atoms with Crippen LogP contribution < -0.4 is 5.32 Å². The second-order valence-corrected chi connectivity index (χ2v) is 4.28. The molecular formula is C12H14ClNO2. The number of rotatable bonds is 3. The second-order valence-electron chi connectivity index (χ2n) is 3.87. The Morgan fingerprint density at radius 1 is 1.50 bits per heavy atom. The van der Waals surface area contributed by atoms with Crippen molar-refractivity contribution in [3.8, 4) is 0 Å². The van der Waals surface area contributed by atoms with Gasteiger partial charge in [-0.2, -0.15) is 0 Å². The molecule has 0 aliphatic carbocycles. The molecule has 0 radical (unpaired) electrons. The van der Waals surface area contributed by atoms with Crippen LogP contribution in [0.15, 0.2) is 24.3 Å². The Labute approximate surface area is 99.7 Å². The molecule has 16 heavy (non-hydrogen) atoms. The van der Waals surface area contributed by atoms with Crippen molar-refractivity contribution in [1.82, 2.24) is 5.32 Å². The third kappa shape index (κ3) is 2.74. The Morgan fingerprint density at radius 2 is 2.31 bits per heavy atom. The summed E-state index contributed by atoms with van der Waals surface area (Å²) in [5.74, 6) is 0.0555. The molecule has 0 spiro atoms. The fraction of sp³-hybridized carbons (Fsp3) is 0.417. The molecule has 1 amide bonds. The Morgan fingerprint density at radius 3 is 3.00 bits per heavy atom. The molecule has 0 aromatic heterocycles. The van der Waals surface area contributed by atoms with Crippen LogP contribution in [-0.4, -0.2) is 19.1 Å². The lowest BCUT2D eigenvalue weighted by Crippen LogP contribution is -2.30. The van der Waals surface area contributed by atoms with Gasteiger partial charge in [-0.25, -0.2) is 0 Å². The largest absolute Gasteiger partial charge is 0.381 e. The highest BCUT2D eigenvalue weighted by Crippen LogP contribution is 2.16. The van der Waals surface area contributed by atoms with Gasteiger partial charge in [-0.05, 0) is 18.1 Å². The van der Waals surface area contributed by atoms with Gasteiger partial charge in [0, 0.05) is 18.2 Å². The Kier molecular flexibility index (Phi) is 3.80. The summed E-state index contributed by atoms with van der Waals surface area (Å²) in [7, 11) is 0. The maximum atomic E-state index is 11.7. The zero-order valence-electron chi connectivity index (χ0n) is 8.91. The van der Waals surface area contributed by atoms with Crippen molar-refractivity contribution in [2.45, 2.75) is 13.0 Å². The molecule has 1 fully saturated rings. The topological polar surface area (TPSA) is 38.3 Å². The lowest BCUT2D eigenvalue weighted by atomic mass is 10.1. The van der Waals surface area contributed by atoms with Crippen molar-refractivity contribution in [2.24, 2.45) is 5.92 Å². The number of benzene rings is 1. The first-order valence-electron chi connectivity index (χ1n) is 5.36. The van der Waals surface area contributed by atoms with E-state index in [1.165, 1.54) is 0 Å². The van der Waals surface area contributed by atoms with Crippen LogP contribution in [0.3, 0.4) is 0 Å². The first-order chi connectivity index (χ1) is 7.77. The molecule has 0 bridgehead atoms. The molecule has 3 nitrogen and oxygen atoms in total. The molecule has 1 aromatic carbocycles. The van der Waals surface area contributed by atoms with Crippen LogP contribution >= 0.6 is 11.6 Å². The highest BCUT2D eigenvalue weighted by Gasteiger charge is 2.23. The van der Waals surface area contributed by atoms with Gasteiger partial charge >= 0.3 is 0 Å². The summed E-state index contributed by atoms with van der Waals surface area (Å²) in [6, 6.07) is 7.51. The maximum absolute atomic E-state index is 11.7. The Balaban J connectivity index is 1.87. The van der Waals surface area contributed by atoms with Crippen molar-refractivity contribution in [1.29, 1.82) is 0 Å². The first-order valence-corrected chi connectivity index (χ1v) is 5.74. The SMILES string of the molecule is O=C(NCc1ccccc1Cl)[C@H]1CCOC1. The van der Waals surface area contributed by atoms with Crippen LogP contribution in [0.2, 0.25) is 5.02 Å². The number of amides is 1. The molecule has 1 aliphatic heterocycles. The van der Waals surface area contributed by atoms with Gasteiger partial charge in [0.05, 0.1) is 12.5 Å². The molecule has 86 valence electrons. The van der Waals surface area contributed by atoms with E-state index >= 15 is 0 Å². The monoisotopic (exact) mass is 239 g/mol. The average Bonchev–Trinajstić information content (AvgIpc) is 2.81. The minimum Gasteiger partial charge on any atom is -0.381 e. The molecule has 0 unspecified atom stereocenters. The highest BCUT2D eigenvalue weighted by molar-refractivity contribution is 6.31. The third-order valence-corrected chi connectivity index (χ3v) is 3.08. The molecule has 4 heteroatoms. The van der Waals surface area contributed by atoms with Crippen LogP contribution in [0.25, 0.3) is 0 Å². The van der Waals surface area contributed by atoms with Crippen LogP contribution in [0.4, 0.5) is 0 Å². The van der Waals surface area contributed by atoms with E-state index in [0.29, 0.717) is 24.8 Å². The van der Waals surface area contributed by atoms with Gasteiger partial charge in [0.1, 0.15) is 0 Å². The normalized spacial score (nSPS) is 19.7. The van der Waals surface area contributed by atoms with Gasteiger partial charge in [-0.1, -0.05) is 29.8 Å².